The third-order valence-corrected chi connectivity index (χ3v) is 3.91. The molecule has 0 aromatic heterocycles. The summed E-state index contributed by atoms with van der Waals surface area (Å²) in [5.74, 6) is 1.34. The van der Waals surface area contributed by atoms with Gasteiger partial charge in [0.1, 0.15) is 0 Å². The van der Waals surface area contributed by atoms with E-state index in [-0.39, 0.29) is 5.84 Å². The Balaban J connectivity index is 2.52. The molecule has 9 heteroatoms. The zero-order valence-corrected chi connectivity index (χ0v) is 12.1. The van der Waals surface area contributed by atoms with Crippen LogP contribution in [0.2, 0.25) is 0 Å². The number of nitrogens with two attached hydrogens (primary N) is 1. The average Bonchev–Trinajstić information content (AvgIpc) is 2.70. The van der Waals surface area contributed by atoms with Crippen molar-refractivity contribution in [2.24, 2.45) is 5.73 Å². The molecule has 2 rings (SSSR count). The molecule has 4 N–H and O–H groups in total. The monoisotopic (exact) mass is 302 g/mol. The molecule has 0 fully saturated rings. The predicted molar refractivity (Wildman–Crippen MR) is 71.1 cm³/mol. The maximum Gasteiger partial charge on any atom is 0.371 e. The van der Waals surface area contributed by atoms with Gasteiger partial charge in [0.2, 0.25) is 5.75 Å². The van der Waals surface area contributed by atoms with E-state index >= 15 is 0 Å². The predicted octanol–water partition coefficient (Wildman–Crippen LogP) is -1.96. The normalized spacial score (nSPS) is 20.4. The number of rotatable bonds is 4. The Morgan fingerprint density at radius 2 is 1.70 bits per heavy atom. The van der Waals surface area contributed by atoms with E-state index in [2.05, 4.69) is 9.12 Å². The molecule has 1 aliphatic heterocycles. The molecule has 110 valence electrons. The van der Waals surface area contributed by atoms with Gasteiger partial charge in [0.25, 0.3) is 5.84 Å². The lowest BCUT2D eigenvalue weighted by molar-refractivity contribution is -0.265. The molecular formula is C11H16N3O5S+. The molecule has 0 saturated heterocycles. The van der Waals surface area contributed by atoms with Crippen LogP contribution in [0.25, 0.3) is 0 Å². The van der Waals surface area contributed by atoms with E-state index in [9.17, 15) is 8.42 Å². The van der Waals surface area contributed by atoms with Crippen molar-refractivity contribution in [3.05, 3.63) is 17.7 Å². The Labute approximate surface area is 116 Å². The molecule has 8 nitrogen and oxygen atoms in total. The van der Waals surface area contributed by atoms with Gasteiger partial charge in [0.15, 0.2) is 17.5 Å². The molecule has 1 aromatic carbocycles. The van der Waals surface area contributed by atoms with E-state index in [1.165, 1.54) is 21.3 Å². The Hall–Kier alpha value is -2.00. The maximum atomic E-state index is 11.4. The topological polar surface area (TPSA) is 114 Å². The van der Waals surface area contributed by atoms with Gasteiger partial charge < -0.3 is 14.2 Å². The van der Waals surface area contributed by atoms with Crippen LogP contribution in [0.15, 0.2) is 12.1 Å². The quantitative estimate of drug-likeness (QED) is 0.595. The third-order valence-electron chi connectivity index (χ3n) is 2.86. The van der Waals surface area contributed by atoms with Gasteiger partial charge in [-0.15, -0.1) is 0 Å². The standard InChI is InChI=1S/C11H15N3O5S/c1-17-7-4-6(5-8(18-2)10(7)19-3)9-11(12)14-20(15,16)13-9/h4-5,9,13H,1-3H3,(H2,12,14)/p+1/t9-/m0/s1. The smallest absolute Gasteiger partial charge is 0.371 e. The van der Waals surface area contributed by atoms with Crippen molar-refractivity contribution in [1.82, 2.24) is 4.72 Å². The lowest BCUT2D eigenvalue weighted by atomic mass is 10.1. The van der Waals surface area contributed by atoms with Crippen molar-refractivity contribution < 1.29 is 27.0 Å². The second-order valence-electron chi connectivity index (χ2n) is 4.07. The van der Waals surface area contributed by atoms with Crippen molar-refractivity contribution in [3.8, 4) is 17.2 Å². The Morgan fingerprint density at radius 1 is 1.15 bits per heavy atom. The summed E-state index contributed by atoms with van der Waals surface area (Å²) in [6.07, 6.45) is 0. The molecule has 1 heterocycles. The van der Waals surface area contributed by atoms with Crippen LogP contribution < -0.4 is 29.1 Å². The second kappa shape index (κ2) is 5.17. The summed E-state index contributed by atoms with van der Waals surface area (Å²) in [6, 6.07) is 2.57. The molecular weight excluding hydrogens is 286 g/mol. The lowest BCUT2D eigenvalue weighted by Gasteiger charge is -2.15. The number of hydrogen-bond donors (Lipinski definition) is 3. The first-order chi connectivity index (χ1) is 9.41. The molecule has 0 unspecified atom stereocenters. The Bertz CT molecular complexity index is 631. The van der Waals surface area contributed by atoms with Crippen LogP contribution in [-0.2, 0) is 10.2 Å². The summed E-state index contributed by atoms with van der Waals surface area (Å²) >= 11 is 0. The molecule has 0 radical (unpaired) electrons. The van der Waals surface area contributed by atoms with E-state index in [1.54, 1.807) is 12.1 Å². The number of benzene rings is 1. The minimum absolute atomic E-state index is 0.0827. The van der Waals surface area contributed by atoms with Gasteiger partial charge in [-0.3, -0.25) is 5.73 Å². The number of methoxy groups -OCH3 is 3. The summed E-state index contributed by atoms with van der Waals surface area (Å²) < 4.78 is 43.1. The van der Waals surface area contributed by atoms with Crippen LogP contribution in [0.5, 0.6) is 17.2 Å². The third kappa shape index (κ3) is 2.49. The summed E-state index contributed by atoms with van der Waals surface area (Å²) in [5.41, 5.74) is 6.27. The van der Waals surface area contributed by atoms with Gasteiger partial charge in [-0.05, 0) is 17.7 Å². The minimum atomic E-state index is -3.62. The van der Waals surface area contributed by atoms with Crippen LogP contribution in [-0.4, -0.2) is 35.6 Å². The second-order valence-corrected chi connectivity index (χ2v) is 5.52. The maximum absolute atomic E-state index is 11.4. The molecule has 1 aromatic rings. The SMILES string of the molecule is COc1cc([C@@H]2NS(=O)(=O)[NH+]=C2N)cc(OC)c1OC. The van der Waals surface area contributed by atoms with Crippen molar-refractivity contribution in [1.29, 1.82) is 0 Å². The van der Waals surface area contributed by atoms with Crippen molar-refractivity contribution >= 4 is 16.0 Å². The molecule has 20 heavy (non-hydrogen) atoms. The molecule has 0 amide bonds. The Kier molecular flexibility index (Phi) is 3.73. The highest BCUT2D eigenvalue weighted by atomic mass is 32.2. The highest BCUT2D eigenvalue weighted by Gasteiger charge is 2.35. The first-order valence-electron chi connectivity index (χ1n) is 5.64. The first kappa shape index (κ1) is 14.4. The zero-order chi connectivity index (χ0) is 14.9. The van der Waals surface area contributed by atoms with Gasteiger partial charge in [0, 0.05) is 0 Å². The van der Waals surface area contributed by atoms with Gasteiger partial charge >= 0.3 is 10.2 Å². The number of nitrogens with one attached hydrogen (secondary N) is 2. The highest BCUT2D eigenvalue weighted by Crippen LogP contribution is 2.39. The van der Waals surface area contributed by atoms with Crippen LogP contribution in [0.1, 0.15) is 11.6 Å². The highest BCUT2D eigenvalue weighted by molar-refractivity contribution is 7.83. The Morgan fingerprint density at radius 3 is 2.05 bits per heavy atom. The van der Waals surface area contributed by atoms with E-state index in [0.717, 1.165) is 0 Å². The molecule has 0 saturated carbocycles. The van der Waals surface area contributed by atoms with Gasteiger partial charge in [0.05, 0.1) is 21.3 Å². The van der Waals surface area contributed by atoms with Crippen LogP contribution in [0.4, 0.5) is 0 Å². The van der Waals surface area contributed by atoms with Crippen molar-refractivity contribution in [3.63, 3.8) is 0 Å². The molecule has 1 atom stereocenters. The number of hydrogen-bond acceptors (Lipinski definition) is 6. The van der Waals surface area contributed by atoms with E-state index in [4.69, 9.17) is 19.9 Å². The van der Waals surface area contributed by atoms with Gasteiger partial charge in [-0.2, -0.15) is 17.5 Å². The summed E-state index contributed by atoms with van der Waals surface area (Å²) in [4.78, 5) is 0. The molecule has 1 aliphatic rings. The lowest BCUT2D eigenvalue weighted by Crippen LogP contribution is -2.76. The van der Waals surface area contributed by atoms with Crippen molar-refractivity contribution in [2.75, 3.05) is 21.3 Å². The summed E-state index contributed by atoms with van der Waals surface area (Å²) in [5, 5.41) is 0. The van der Waals surface area contributed by atoms with E-state index < -0.39 is 16.3 Å². The van der Waals surface area contributed by atoms with Crippen LogP contribution in [0, 0.1) is 0 Å². The fraction of sp³-hybridized carbons (Fsp3) is 0.364. The van der Waals surface area contributed by atoms with Crippen LogP contribution in [0.3, 0.4) is 0 Å². The first-order valence-corrected chi connectivity index (χ1v) is 7.12. The fourth-order valence-electron chi connectivity index (χ4n) is 1.98. The number of amidine groups is 1. The fourth-order valence-corrected chi connectivity index (χ4v) is 3.04. The minimum Gasteiger partial charge on any atom is -0.493 e. The number of ether oxygens (including phenoxy) is 3. The summed E-state index contributed by atoms with van der Waals surface area (Å²) in [6.45, 7) is 0. The zero-order valence-electron chi connectivity index (χ0n) is 11.3. The molecule has 0 aliphatic carbocycles. The van der Waals surface area contributed by atoms with Crippen LogP contribution >= 0.6 is 0 Å². The molecule has 0 spiro atoms. The van der Waals surface area contributed by atoms with E-state index in [1.807, 2.05) is 0 Å². The molecule has 0 bridgehead atoms. The average molecular weight is 302 g/mol. The largest absolute Gasteiger partial charge is 0.493 e. The van der Waals surface area contributed by atoms with Gasteiger partial charge in [-0.1, -0.05) is 0 Å². The van der Waals surface area contributed by atoms with Gasteiger partial charge in [-0.25, -0.2) is 0 Å². The summed E-state index contributed by atoms with van der Waals surface area (Å²) in [7, 11) is 0.819. The van der Waals surface area contributed by atoms with Crippen molar-refractivity contribution in [2.45, 2.75) is 6.04 Å². The van der Waals surface area contributed by atoms with E-state index in [0.29, 0.717) is 22.8 Å².